The summed E-state index contributed by atoms with van der Waals surface area (Å²) in [5, 5.41) is 3.85. The zero-order valence-corrected chi connectivity index (χ0v) is 14.9. The second kappa shape index (κ2) is 8.11. The van der Waals surface area contributed by atoms with Gasteiger partial charge in [0, 0.05) is 18.2 Å². The summed E-state index contributed by atoms with van der Waals surface area (Å²) in [6.07, 6.45) is 3.20. The Balaban J connectivity index is 2.33. The number of hydrogen-bond acceptors (Lipinski definition) is 4. The number of benzene rings is 1. The van der Waals surface area contributed by atoms with Gasteiger partial charge >= 0.3 is 0 Å². The Hall–Kier alpha value is -2.14. The summed E-state index contributed by atoms with van der Waals surface area (Å²) in [4.78, 5) is 17.1. The fraction of sp³-hybridized carbons (Fsp3) is 0.474. The molecule has 0 aliphatic carbocycles. The van der Waals surface area contributed by atoms with Crippen molar-refractivity contribution in [2.45, 2.75) is 46.1 Å². The van der Waals surface area contributed by atoms with Crippen LogP contribution in [0.3, 0.4) is 0 Å². The number of anilines is 1. The van der Waals surface area contributed by atoms with Crippen LogP contribution in [-0.4, -0.2) is 29.7 Å². The molecule has 0 unspecified atom stereocenters. The van der Waals surface area contributed by atoms with Gasteiger partial charge in [0.1, 0.15) is 16.9 Å². The molecule has 1 aromatic heterocycles. The van der Waals surface area contributed by atoms with Gasteiger partial charge in [-0.1, -0.05) is 13.8 Å². The van der Waals surface area contributed by atoms with E-state index in [9.17, 15) is 4.79 Å². The summed E-state index contributed by atoms with van der Waals surface area (Å²) >= 11 is 0. The molecular formula is C19H26N2O3. The topological polar surface area (TPSA) is 60.5 Å². The predicted octanol–water partition coefficient (Wildman–Crippen LogP) is 4.17. The molecule has 0 saturated heterocycles. The van der Waals surface area contributed by atoms with Gasteiger partial charge in [0.2, 0.25) is 0 Å². The van der Waals surface area contributed by atoms with Gasteiger partial charge in [-0.25, -0.2) is 0 Å². The number of carbonyl (C=O) groups excluding carboxylic acids is 1. The van der Waals surface area contributed by atoms with Crippen LogP contribution in [0.2, 0.25) is 0 Å². The molecule has 0 bridgehead atoms. The minimum absolute atomic E-state index is 0.146. The maximum atomic E-state index is 12.7. The van der Waals surface area contributed by atoms with Crippen LogP contribution in [-0.2, 0) is 9.53 Å². The molecule has 2 aromatic rings. The lowest BCUT2D eigenvalue weighted by Gasteiger charge is -2.27. The van der Waals surface area contributed by atoms with E-state index >= 15 is 0 Å². The van der Waals surface area contributed by atoms with Gasteiger partial charge in [-0.05, 0) is 51.0 Å². The average Bonchev–Trinajstić information content (AvgIpc) is 2.61. The molecule has 1 N–H and O–H groups in total. The SMILES string of the molecule is CCCO[C@@](C)(CC)C(=O)Nc1ccc(OCC)c2ncccc12. The summed E-state index contributed by atoms with van der Waals surface area (Å²) in [5.41, 5.74) is 0.611. The van der Waals surface area contributed by atoms with E-state index in [-0.39, 0.29) is 5.91 Å². The summed E-state index contributed by atoms with van der Waals surface area (Å²) in [6, 6.07) is 7.46. The molecule has 0 aliphatic rings. The Morgan fingerprint density at radius 1 is 1.25 bits per heavy atom. The van der Waals surface area contributed by atoms with E-state index in [1.165, 1.54) is 0 Å². The van der Waals surface area contributed by atoms with Gasteiger partial charge < -0.3 is 14.8 Å². The van der Waals surface area contributed by atoms with E-state index in [1.807, 2.05) is 52.0 Å². The number of amides is 1. The third-order valence-corrected chi connectivity index (χ3v) is 4.06. The molecule has 0 fully saturated rings. The van der Waals surface area contributed by atoms with Gasteiger partial charge in [-0.15, -0.1) is 0 Å². The van der Waals surface area contributed by atoms with E-state index in [0.29, 0.717) is 31.1 Å². The number of nitrogens with one attached hydrogen (secondary N) is 1. The lowest BCUT2D eigenvalue weighted by atomic mass is 10.0. The first-order valence-corrected chi connectivity index (χ1v) is 8.51. The normalized spacial score (nSPS) is 13.5. The Labute approximate surface area is 143 Å². The molecule has 5 nitrogen and oxygen atoms in total. The van der Waals surface area contributed by atoms with E-state index in [4.69, 9.17) is 9.47 Å². The highest BCUT2D eigenvalue weighted by Gasteiger charge is 2.32. The van der Waals surface area contributed by atoms with Crippen LogP contribution < -0.4 is 10.1 Å². The molecule has 1 aromatic carbocycles. The number of hydrogen-bond donors (Lipinski definition) is 1. The highest BCUT2D eigenvalue weighted by Crippen LogP contribution is 2.31. The highest BCUT2D eigenvalue weighted by molar-refractivity contribution is 6.05. The summed E-state index contributed by atoms with van der Waals surface area (Å²) in [7, 11) is 0. The van der Waals surface area contributed by atoms with Crippen LogP contribution in [0.25, 0.3) is 10.9 Å². The molecule has 1 amide bonds. The minimum atomic E-state index is -0.844. The predicted molar refractivity (Wildman–Crippen MR) is 96.5 cm³/mol. The standard InChI is InChI=1S/C19H26N2O3/c1-5-13-24-19(4,6-2)18(22)21-15-10-11-16(23-7-3)17-14(15)9-8-12-20-17/h8-12H,5-7,13H2,1-4H3,(H,21,22)/t19-/m0/s1. The number of rotatable bonds is 8. The molecule has 0 aliphatic heterocycles. The van der Waals surface area contributed by atoms with Crippen LogP contribution >= 0.6 is 0 Å². The van der Waals surface area contributed by atoms with Crippen LogP contribution in [0.4, 0.5) is 5.69 Å². The first kappa shape index (κ1) is 18.2. The average molecular weight is 330 g/mol. The number of ether oxygens (including phenoxy) is 2. The summed E-state index contributed by atoms with van der Waals surface area (Å²) in [5.74, 6) is 0.569. The fourth-order valence-electron chi connectivity index (χ4n) is 2.44. The zero-order chi connectivity index (χ0) is 17.6. The van der Waals surface area contributed by atoms with Crippen molar-refractivity contribution in [3.05, 3.63) is 30.5 Å². The van der Waals surface area contributed by atoms with Crippen molar-refractivity contribution in [3.63, 3.8) is 0 Å². The van der Waals surface area contributed by atoms with E-state index < -0.39 is 5.60 Å². The Kier molecular flexibility index (Phi) is 6.15. The second-order valence-corrected chi connectivity index (χ2v) is 5.83. The van der Waals surface area contributed by atoms with Crippen molar-refractivity contribution in [2.24, 2.45) is 0 Å². The van der Waals surface area contributed by atoms with Gasteiger partial charge in [-0.3, -0.25) is 9.78 Å². The fourth-order valence-corrected chi connectivity index (χ4v) is 2.44. The van der Waals surface area contributed by atoms with Crippen molar-refractivity contribution in [2.75, 3.05) is 18.5 Å². The molecule has 1 heterocycles. The Bertz CT molecular complexity index is 702. The molecule has 0 radical (unpaired) electrons. The quantitative estimate of drug-likeness (QED) is 0.789. The van der Waals surface area contributed by atoms with Crippen LogP contribution in [0, 0.1) is 0 Å². The van der Waals surface area contributed by atoms with Crippen molar-refractivity contribution in [1.29, 1.82) is 0 Å². The Morgan fingerprint density at radius 3 is 2.71 bits per heavy atom. The lowest BCUT2D eigenvalue weighted by Crippen LogP contribution is -2.42. The molecule has 2 rings (SSSR count). The molecular weight excluding hydrogens is 304 g/mol. The first-order valence-electron chi connectivity index (χ1n) is 8.51. The molecule has 1 atom stereocenters. The zero-order valence-electron chi connectivity index (χ0n) is 14.9. The number of carbonyl (C=O) groups is 1. The highest BCUT2D eigenvalue weighted by atomic mass is 16.5. The van der Waals surface area contributed by atoms with E-state index in [2.05, 4.69) is 10.3 Å². The number of fused-ring (bicyclic) bond motifs is 1. The van der Waals surface area contributed by atoms with Gasteiger partial charge in [0.05, 0.1) is 12.3 Å². The van der Waals surface area contributed by atoms with Crippen LogP contribution in [0.1, 0.15) is 40.5 Å². The summed E-state index contributed by atoms with van der Waals surface area (Å²) < 4.78 is 11.4. The van der Waals surface area contributed by atoms with Crippen LogP contribution in [0.15, 0.2) is 30.5 Å². The molecule has 130 valence electrons. The minimum Gasteiger partial charge on any atom is -0.492 e. The van der Waals surface area contributed by atoms with Crippen LogP contribution in [0.5, 0.6) is 5.75 Å². The Morgan fingerprint density at radius 2 is 2.04 bits per heavy atom. The smallest absolute Gasteiger partial charge is 0.256 e. The van der Waals surface area contributed by atoms with E-state index in [0.717, 1.165) is 17.3 Å². The van der Waals surface area contributed by atoms with Crippen molar-refractivity contribution < 1.29 is 14.3 Å². The molecule has 0 spiro atoms. The van der Waals surface area contributed by atoms with E-state index in [1.54, 1.807) is 6.20 Å². The van der Waals surface area contributed by atoms with Gasteiger partial charge in [-0.2, -0.15) is 0 Å². The second-order valence-electron chi connectivity index (χ2n) is 5.83. The third-order valence-electron chi connectivity index (χ3n) is 4.06. The van der Waals surface area contributed by atoms with Gasteiger partial charge in [0.25, 0.3) is 5.91 Å². The molecule has 24 heavy (non-hydrogen) atoms. The maximum Gasteiger partial charge on any atom is 0.256 e. The number of pyridine rings is 1. The van der Waals surface area contributed by atoms with Crippen molar-refractivity contribution >= 4 is 22.5 Å². The van der Waals surface area contributed by atoms with Gasteiger partial charge in [0.15, 0.2) is 0 Å². The lowest BCUT2D eigenvalue weighted by molar-refractivity contribution is -0.139. The number of nitrogens with zero attached hydrogens (tertiary/aromatic N) is 1. The first-order chi connectivity index (χ1) is 11.6. The molecule has 5 heteroatoms. The molecule has 0 saturated carbocycles. The van der Waals surface area contributed by atoms with Crippen molar-refractivity contribution in [1.82, 2.24) is 4.98 Å². The largest absolute Gasteiger partial charge is 0.492 e. The van der Waals surface area contributed by atoms with Crippen molar-refractivity contribution in [3.8, 4) is 5.75 Å². The third kappa shape index (κ3) is 3.85. The summed E-state index contributed by atoms with van der Waals surface area (Å²) in [6.45, 7) is 8.86. The monoisotopic (exact) mass is 330 g/mol. The number of aromatic nitrogens is 1. The maximum absolute atomic E-state index is 12.7.